The van der Waals surface area contributed by atoms with E-state index < -0.39 is 23.0 Å². The van der Waals surface area contributed by atoms with Crippen molar-refractivity contribution < 1.29 is 23.0 Å². The van der Waals surface area contributed by atoms with Crippen LogP contribution in [0.15, 0.2) is 71.7 Å². The molecule has 9 heteroatoms. The molecule has 0 fully saturated rings. The lowest BCUT2D eigenvalue weighted by Gasteiger charge is -2.23. The highest BCUT2D eigenvalue weighted by atomic mass is 19.1. The molecule has 0 unspecified atom stereocenters. The second kappa shape index (κ2) is 14.4. The Bertz CT molecular complexity index is 1370. The largest absolute Gasteiger partial charge is 0.497 e. The van der Waals surface area contributed by atoms with Gasteiger partial charge >= 0.3 is 0 Å². The van der Waals surface area contributed by atoms with E-state index >= 15 is 0 Å². The van der Waals surface area contributed by atoms with Gasteiger partial charge in [-0.25, -0.2) is 8.78 Å². The topological polar surface area (TPSA) is 95.6 Å². The molecule has 0 bridgehead atoms. The number of hydrogen-bond donors (Lipinski definition) is 2. The van der Waals surface area contributed by atoms with Gasteiger partial charge in [0.1, 0.15) is 29.0 Å². The number of hydrogen-bond acceptors (Lipinski definition) is 6. The molecule has 214 valence electrons. The van der Waals surface area contributed by atoms with E-state index in [9.17, 15) is 18.4 Å². The standard InChI is InChI=1S/C31H37F2N3O4/c1-5-16-39-21(4)28(18-20(2)3)35-15-6-17-40-24-10-8-23(9-11-24)36-29(37)14-13-26(31(36)34)30(38)25-12-7-22(32)19-27(25)33/h7-14,19-20,28,35H,4-6,15-18,34H2,1-3H3/t28-/m0/s1. The summed E-state index contributed by atoms with van der Waals surface area (Å²) >= 11 is 0. The van der Waals surface area contributed by atoms with E-state index in [4.69, 9.17) is 15.2 Å². The molecular formula is C31H37F2N3O4. The third-order valence-electron chi connectivity index (χ3n) is 6.21. The number of carbonyl (C=O) groups excluding carboxylic acids is 1. The summed E-state index contributed by atoms with van der Waals surface area (Å²) in [6, 6.07) is 11.8. The molecule has 0 amide bonds. The monoisotopic (exact) mass is 553 g/mol. The van der Waals surface area contributed by atoms with Crippen LogP contribution >= 0.6 is 0 Å². The Kier molecular flexibility index (Phi) is 11.0. The number of nitrogens with zero attached hydrogens (tertiary/aromatic N) is 1. The molecule has 1 heterocycles. The zero-order chi connectivity index (χ0) is 29.2. The van der Waals surface area contributed by atoms with Gasteiger partial charge in [-0.05, 0) is 74.2 Å². The molecule has 3 rings (SSSR count). The third-order valence-corrected chi connectivity index (χ3v) is 6.21. The maximum Gasteiger partial charge on any atom is 0.256 e. The van der Waals surface area contributed by atoms with Crippen LogP contribution in [0.5, 0.6) is 5.75 Å². The maximum absolute atomic E-state index is 14.2. The van der Waals surface area contributed by atoms with E-state index in [0.717, 1.165) is 48.3 Å². The van der Waals surface area contributed by atoms with Crippen LogP contribution in [0.2, 0.25) is 0 Å². The first-order valence-corrected chi connectivity index (χ1v) is 13.4. The van der Waals surface area contributed by atoms with E-state index in [1.54, 1.807) is 24.3 Å². The number of carbonyl (C=O) groups is 1. The van der Waals surface area contributed by atoms with Crippen LogP contribution in [0, 0.1) is 17.6 Å². The molecule has 0 spiro atoms. The van der Waals surface area contributed by atoms with Crippen LogP contribution in [-0.4, -0.2) is 36.2 Å². The van der Waals surface area contributed by atoms with Gasteiger partial charge in [0.15, 0.2) is 5.78 Å². The first-order valence-electron chi connectivity index (χ1n) is 13.4. The molecular weight excluding hydrogens is 516 g/mol. The van der Waals surface area contributed by atoms with Gasteiger partial charge in [0.2, 0.25) is 0 Å². The number of ketones is 1. The normalized spacial score (nSPS) is 11.8. The predicted octanol–water partition coefficient (Wildman–Crippen LogP) is 5.64. The SMILES string of the molecule is C=C(OCCC)[C@H](CC(C)C)NCCCOc1ccc(-n2c(N)c(C(=O)c3ccc(F)cc3F)ccc2=O)cc1. The van der Waals surface area contributed by atoms with Gasteiger partial charge in [-0.15, -0.1) is 0 Å². The second-order valence-electron chi connectivity index (χ2n) is 9.91. The fourth-order valence-electron chi connectivity index (χ4n) is 4.19. The molecule has 7 nitrogen and oxygen atoms in total. The van der Waals surface area contributed by atoms with Crippen molar-refractivity contribution in [3.63, 3.8) is 0 Å². The number of nitrogen functional groups attached to an aromatic ring is 1. The van der Waals surface area contributed by atoms with E-state index in [-0.39, 0.29) is 23.0 Å². The lowest BCUT2D eigenvalue weighted by Crippen LogP contribution is -2.34. The Hall–Kier alpha value is -3.98. The second-order valence-corrected chi connectivity index (χ2v) is 9.91. The zero-order valence-electron chi connectivity index (χ0n) is 23.2. The van der Waals surface area contributed by atoms with Crippen LogP contribution in [0.4, 0.5) is 14.6 Å². The van der Waals surface area contributed by atoms with Gasteiger partial charge in [0.25, 0.3) is 5.56 Å². The summed E-state index contributed by atoms with van der Waals surface area (Å²) in [5, 5.41) is 3.50. The van der Waals surface area contributed by atoms with E-state index in [1.807, 2.05) is 0 Å². The minimum Gasteiger partial charge on any atom is -0.497 e. The highest BCUT2D eigenvalue weighted by Crippen LogP contribution is 2.22. The molecule has 0 aliphatic carbocycles. The van der Waals surface area contributed by atoms with Crippen LogP contribution in [0.3, 0.4) is 0 Å². The summed E-state index contributed by atoms with van der Waals surface area (Å²) < 4.78 is 40.2. The minimum absolute atomic E-state index is 0.0727. The summed E-state index contributed by atoms with van der Waals surface area (Å²) in [5.41, 5.74) is 5.71. The van der Waals surface area contributed by atoms with Gasteiger partial charge in [-0.3, -0.25) is 14.2 Å². The predicted molar refractivity (Wildman–Crippen MR) is 153 cm³/mol. The third kappa shape index (κ3) is 8.02. The van der Waals surface area contributed by atoms with E-state index in [2.05, 4.69) is 32.7 Å². The highest BCUT2D eigenvalue weighted by Gasteiger charge is 2.20. The summed E-state index contributed by atoms with van der Waals surface area (Å²) in [4.78, 5) is 25.5. The Morgan fingerprint density at radius 1 is 1.05 bits per heavy atom. The molecule has 3 aromatic rings. The molecule has 0 aliphatic heterocycles. The van der Waals surface area contributed by atoms with Crippen molar-refractivity contribution in [2.24, 2.45) is 5.92 Å². The Morgan fingerprint density at radius 3 is 2.40 bits per heavy atom. The van der Waals surface area contributed by atoms with Crippen molar-refractivity contribution in [3.8, 4) is 11.4 Å². The van der Waals surface area contributed by atoms with Crippen molar-refractivity contribution in [1.29, 1.82) is 0 Å². The molecule has 0 radical (unpaired) electrons. The number of benzene rings is 2. The van der Waals surface area contributed by atoms with Crippen LogP contribution in [0.25, 0.3) is 5.69 Å². The number of aromatic nitrogens is 1. The quantitative estimate of drug-likeness (QED) is 0.144. The molecule has 0 aliphatic rings. The molecule has 2 aromatic carbocycles. The van der Waals surface area contributed by atoms with Crippen molar-refractivity contribution >= 4 is 11.6 Å². The molecule has 40 heavy (non-hydrogen) atoms. The molecule has 3 N–H and O–H groups in total. The van der Waals surface area contributed by atoms with Crippen LogP contribution in [-0.2, 0) is 4.74 Å². The first kappa shape index (κ1) is 30.6. The highest BCUT2D eigenvalue weighted by molar-refractivity contribution is 6.11. The van der Waals surface area contributed by atoms with Gasteiger partial charge in [0, 0.05) is 12.1 Å². The van der Waals surface area contributed by atoms with Crippen molar-refractivity contribution in [2.45, 2.75) is 46.1 Å². The Labute approximate surface area is 233 Å². The fourth-order valence-corrected chi connectivity index (χ4v) is 4.19. The number of rotatable bonds is 15. The average molecular weight is 554 g/mol. The van der Waals surface area contributed by atoms with Gasteiger partial charge in [-0.1, -0.05) is 27.4 Å². The van der Waals surface area contributed by atoms with Gasteiger partial charge in [-0.2, -0.15) is 0 Å². The van der Waals surface area contributed by atoms with Gasteiger partial charge < -0.3 is 20.5 Å². The van der Waals surface area contributed by atoms with Crippen LogP contribution < -0.4 is 21.3 Å². The number of pyridine rings is 1. The average Bonchev–Trinajstić information content (AvgIpc) is 2.91. The molecule has 0 saturated carbocycles. The maximum atomic E-state index is 14.2. The van der Waals surface area contributed by atoms with E-state index in [1.165, 1.54) is 12.1 Å². The molecule has 1 aromatic heterocycles. The van der Waals surface area contributed by atoms with Crippen LogP contribution in [0.1, 0.15) is 56.0 Å². The smallest absolute Gasteiger partial charge is 0.256 e. The zero-order valence-corrected chi connectivity index (χ0v) is 23.2. The fraction of sp³-hybridized carbons (Fsp3) is 0.355. The van der Waals surface area contributed by atoms with E-state index in [0.29, 0.717) is 36.6 Å². The lowest BCUT2D eigenvalue weighted by atomic mass is 10.0. The first-order chi connectivity index (χ1) is 19.1. The van der Waals surface area contributed by atoms with Crippen molar-refractivity contribution in [3.05, 3.63) is 100 Å². The number of nitrogens with one attached hydrogen (secondary N) is 1. The van der Waals surface area contributed by atoms with Crippen molar-refractivity contribution in [1.82, 2.24) is 9.88 Å². The summed E-state index contributed by atoms with van der Waals surface area (Å²) in [6.45, 7) is 12.3. The lowest BCUT2D eigenvalue weighted by molar-refractivity contribution is 0.103. The number of anilines is 1. The number of nitrogens with two attached hydrogens (primary N) is 1. The van der Waals surface area contributed by atoms with Crippen molar-refractivity contribution in [2.75, 3.05) is 25.5 Å². The minimum atomic E-state index is -1.01. The molecule has 0 saturated heterocycles. The number of ether oxygens (including phenoxy) is 2. The summed E-state index contributed by atoms with van der Waals surface area (Å²) in [7, 11) is 0. The molecule has 1 atom stereocenters. The van der Waals surface area contributed by atoms with Gasteiger partial charge in [0.05, 0.1) is 36.1 Å². The Morgan fingerprint density at radius 2 is 1.75 bits per heavy atom. The number of halogens is 2. The summed E-state index contributed by atoms with van der Waals surface area (Å²) in [6.07, 6.45) is 2.62. The Balaban J connectivity index is 1.63. The summed E-state index contributed by atoms with van der Waals surface area (Å²) in [5.74, 6) is -0.859.